The Labute approximate surface area is 268 Å². The molecule has 0 bridgehead atoms. The second-order valence-electron chi connectivity index (χ2n) is 15.7. The van der Waals surface area contributed by atoms with Crippen LogP contribution in [-0.2, 0) is 28.7 Å². The van der Waals surface area contributed by atoms with Gasteiger partial charge in [-0.3, -0.25) is 34.6 Å². The van der Waals surface area contributed by atoms with Crippen molar-refractivity contribution in [2.24, 2.45) is 28.4 Å². The van der Waals surface area contributed by atoms with E-state index in [9.17, 15) is 29.1 Å². The highest BCUT2D eigenvalue weighted by Gasteiger charge is 2.46. The van der Waals surface area contributed by atoms with Crippen molar-refractivity contribution in [2.75, 3.05) is 6.54 Å². The van der Waals surface area contributed by atoms with Crippen LogP contribution in [0.4, 0.5) is 0 Å². The van der Waals surface area contributed by atoms with E-state index < -0.39 is 76.4 Å². The molecule has 0 aromatic rings. The molecular formula is C33H55N5O7. The van der Waals surface area contributed by atoms with Gasteiger partial charge in [0.2, 0.25) is 17.6 Å². The van der Waals surface area contributed by atoms with Crippen molar-refractivity contribution in [1.29, 1.82) is 0 Å². The third kappa shape index (κ3) is 11.1. The summed E-state index contributed by atoms with van der Waals surface area (Å²) in [5.41, 5.74) is 3.15. The number of terminal acetylenes is 1. The van der Waals surface area contributed by atoms with E-state index in [4.69, 9.17) is 16.9 Å². The molecule has 0 spiro atoms. The lowest BCUT2D eigenvalue weighted by Crippen LogP contribution is -2.64. The second-order valence-corrected chi connectivity index (χ2v) is 15.7. The Kier molecular flexibility index (Phi) is 12.8. The highest BCUT2D eigenvalue weighted by molar-refractivity contribution is 6.37. The Morgan fingerprint density at radius 2 is 1.51 bits per heavy atom. The molecule has 6 N–H and O–H groups in total. The van der Waals surface area contributed by atoms with Crippen LogP contribution in [0.2, 0.25) is 0 Å². The first-order valence-electron chi connectivity index (χ1n) is 15.9. The average molecular weight is 634 g/mol. The molecule has 2 aliphatic rings. The number of hydrogen-bond donors (Lipinski definition) is 5. The summed E-state index contributed by atoms with van der Waals surface area (Å²) in [5, 5.41) is 19.6. The number of aliphatic hydroxyl groups is 1. The number of aliphatic hydroxyl groups excluding tert-OH is 1. The molecule has 2 unspecified atom stereocenters. The highest BCUT2D eigenvalue weighted by Crippen LogP contribution is 2.33. The molecule has 12 nitrogen and oxygen atoms in total. The molecule has 2 rings (SSSR count). The number of nitrogens with two attached hydrogens (primary N) is 1. The van der Waals surface area contributed by atoms with Crippen LogP contribution in [0.15, 0.2) is 0 Å². The van der Waals surface area contributed by atoms with E-state index >= 15 is 0 Å². The van der Waals surface area contributed by atoms with Gasteiger partial charge in [-0.1, -0.05) is 60.8 Å². The number of Topliss-reactive ketones (excluding diaryl/α,β-unsaturated/α-hetero) is 1. The van der Waals surface area contributed by atoms with Crippen LogP contribution in [0, 0.1) is 35.0 Å². The third-order valence-electron chi connectivity index (χ3n) is 8.32. The zero-order valence-electron chi connectivity index (χ0n) is 28.5. The molecule has 3 amide bonds. The van der Waals surface area contributed by atoms with Gasteiger partial charge in [0.25, 0.3) is 5.91 Å². The zero-order chi connectivity index (χ0) is 34.5. The van der Waals surface area contributed by atoms with Gasteiger partial charge in [0.15, 0.2) is 6.35 Å². The van der Waals surface area contributed by atoms with Gasteiger partial charge in [-0.15, -0.1) is 12.3 Å². The first-order chi connectivity index (χ1) is 20.5. The van der Waals surface area contributed by atoms with Crippen molar-refractivity contribution in [1.82, 2.24) is 20.9 Å². The van der Waals surface area contributed by atoms with Gasteiger partial charge in [-0.25, -0.2) is 0 Å². The summed E-state index contributed by atoms with van der Waals surface area (Å²) >= 11 is 0. The molecule has 0 aromatic heterocycles. The summed E-state index contributed by atoms with van der Waals surface area (Å²) in [5.74, 6) is -0.926. The fraction of sp³-hybridized carbons (Fsp3) is 0.788. The van der Waals surface area contributed by atoms with Crippen LogP contribution >= 0.6 is 0 Å². The van der Waals surface area contributed by atoms with Gasteiger partial charge in [0, 0.05) is 13.0 Å². The molecule has 1 heterocycles. The third-order valence-corrected chi connectivity index (χ3v) is 8.32. The maximum atomic E-state index is 14.2. The predicted molar refractivity (Wildman–Crippen MR) is 170 cm³/mol. The average Bonchev–Trinajstić information content (AvgIpc) is 3.28. The number of esters is 1. The lowest BCUT2D eigenvalue weighted by atomic mass is 9.80. The van der Waals surface area contributed by atoms with Crippen LogP contribution < -0.4 is 21.7 Å². The molecule has 0 radical (unpaired) electrons. The van der Waals surface area contributed by atoms with Gasteiger partial charge in [-0.05, 0) is 56.3 Å². The van der Waals surface area contributed by atoms with Gasteiger partial charge < -0.3 is 25.8 Å². The van der Waals surface area contributed by atoms with Crippen molar-refractivity contribution in [3.63, 3.8) is 0 Å². The topological polar surface area (TPSA) is 180 Å². The van der Waals surface area contributed by atoms with E-state index in [0.29, 0.717) is 12.8 Å². The zero-order valence-corrected chi connectivity index (χ0v) is 28.5. The molecule has 1 aliphatic carbocycles. The van der Waals surface area contributed by atoms with Crippen LogP contribution in [0.5, 0.6) is 0 Å². The number of amides is 3. The molecule has 1 saturated heterocycles. The Morgan fingerprint density at radius 3 is 1.96 bits per heavy atom. The number of carbonyl (C=O) groups excluding carboxylic acids is 5. The molecule has 2 fully saturated rings. The minimum absolute atomic E-state index is 0.173. The minimum atomic E-state index is -1.49. The molecule has 1 saturated carbocycles. The fourth-order valence-corrected chi connectivity index (χ4v) is 5.72. The molecule has 0 aromatic carbocycles. The fourth-order valence-electron chi connectivity index (χ4n) is 5.72. The Hall–Kier alpha value is -3.01. The summed E-state index contributed by atoms with van der Waals surface area (Å²) in [6.07, 6.45) is 7.81. The standard InChI is InChI=1S/C33H55N5O7/c1-11-13-20-17-22(27(41)35-21(23(39)26(34)40)16-19-14-12-15-19)38(18-20)28(42)24(31(2,3)4)36-30(44)37-25(32(5,6)7)29(43)45-33(8,9)10/h1,19-22,24-25,30,36-37,44H,12-18H2,2-10H3,(H2,34,40)(H,35,41)/t20-,21?,22+,24-,25+,30?/m1/s1. The number of nitrogens with zero attached hydrogens (tertiary/aromatic N) is 1. The molecule has 254 valence electrons. The summed E-state index contributed by atoms with van der Waals surface area (Å²) in [4.78, 5) is 66.7. The Bertz CT molecular complexity index is 1140. The largest absolute Gasteiger partial charge is 0.459 e. The lowest BCUT2D eigenvalue weighted by Gasteiger charge is -2.39. The summed E-state index contributed by atoms with van der Waals surface area (Å²) in [6, 6.07) is -3.96. The summed E-state index contributed by atoms with van der Waals surface area (Å²) < 4.78 is 5.57. The van der Waals surface area contributed by atoms with Crippen molar-refractivity contribution < 1.29 is 33.8 Å². The number of likely N-dealkylation sites (tertiary alicyclic amines) is 1. The van der Waals surface area contributed by atoms with Crippen LogP contribution in [0.1, 0.15) is 101 Å². The van der Waals surface area contributed by atoms with E-state index in [1.807, 2.05) is 41.5 Å². The van der Waals surface area contributed by atoms with Gasteiger partial charge >= 0.3 is 5.97 Å². The molecule has 45 heavy (non-hydrogen) atoms. The first kappa shape index (κ1) is 38.2. The number of hydrogen-bond acceptors (Lipinski definition) is 9. The normalized spacial score (nSPS) is 21.9. The van der Waals surface area contributed by atoms with Crippen LogP contribution in [0.3, 0.4) is 0 Å². The van der Waals surface area contributed by atoms with E-state index in [-0.39, 0.29) is 24.8 Å². The van der Waals surface area contributed by atoms with E-state index in [1.165, 1.54) is 4.90 Å². The number of nitrogens with one attached hydrogen (secondary N) is 3. The van der Waals surface area contributed by atoms with Crippen LogP contribution in [-0.4, -0.2) is 82.1 Å². The molecule has 6 atom stereocenters. The number of rotatable bonds is 13. The highest BCUT2D eigenvalue weighted by atomic mass is 16.6. The van der Waals surface area contributed by atoms with Crippen molar-refractivity contribution in [2.45, 2.75) is 137 Å². The van der Waals surface area contributed by atoms with Crippen molar-refractivity contribution in [3.05, 3.63) is 0 Å². The van der Waals surface area contributed by atoms with Crippen molar-refractivity contribution in [3.8, 4) is 12.3 Å². The SMILES string of the molecule is C#CC[C@@H]1C[C@@H](C(=O)NC(CC2CCC2)C(=O)C(N)=O)N(C(=O)[C@@H](NC(O)N[C@@H](C(=O)OC(C)(C)C)C(C)(C)C)C(C)(C)C)C1. The number of ketones is 1. The predicted octanol–water partition coefficient (Wildman–Crippen LogP) is 1.58. The number of ether oxygens (including phenoxy) is 1. The summed E-state index contributed by atoms with van der Waals surface area (Å²) in [6.45, 7) is 16.4. The Morgan fingerprint density at radius 1 is 0.956 bits per heavy atom. The number of carbonyl (C=O) groups is 5. The van der Waals surface area contributed by atoms with E-state index in [2.05, 4.69) is 21.9 Å². The molecule has 12 heteroatoms. The van der Waals surface area contributed by atoms with Crippen LogP contribution in [0.25, 0.3) is 0 Å². The molecular weight excluding hydrogens is 578 g/mol. The molecule has 1 aliphatic heterocycles. The van der Waals surface area contributed by atoms with Crippen molar-refractivity contribution >= 4 is 29.5 Å². The van der Waals surface area contributed by atoms with E-state index in [1.54, 1.807) is 20.8 Å². The second kappa shape index (κ2) is 15.1. The first-order valence-corrected chi connectivity index (χ1v) is 15.9. The number of primary amides is 1. The maximum absolute atomic E-state index is 14.2. The van der Waals surface area contributed by atoms with Gasteiger partial charge in [0.1, 0.15) is 17.7 Å². The monoisotopic (exact) mass is 633 g/mol. The minimum Gasteiger partial charge on any atom is -0.459 e. The quantitative estimate of drug-likeness (QED) is 0.0871. The lowest BCUT2D eigenvalue weighted by molar-refractivity contribution is -0.162. The maximum Gasteiger partial charge on any atom is 0.324 e. The van der Waals surface area contributed by atoms with Gasteiger partial charge in [0.05, 0.1) is 12.1 Å². The smallest absolute Gasteiger partial charge is 0.324 e. The Balaban J connectivity index is 2.32. The summed E-state index contributed by atoms with van der Waals surface area (Å²) in [7, 11) is 0. The van der Waals surface area contributed by atoms with Gasteiger partial charge in [-0.2, -0.15) is 0 Å². The van der Waals surface area contributed by atoms with E-state index in [0.717, 1.165) is 19.3 Å².